The Morgan fingerprint density at radius 3 is 2.62 bits per heavy atom. The number of anilines is 1. The van der Waals surface area contributed by atoms with Gasteiger partial charge in [0.1, 0.15) is 17.9 Å². The lowest BCUT2D eigenvalue weighted by molar-refractivity contribution is -0.137. The molecule has 0 atom stereocenters. The zero-order valence-electron chi connectivity index (χ0n) is 14.1. The molecule has 0 unspecified atom stereocenters. The Hall–Kier alpha value is -2.81. The van der Waals surface area contributed by atoms with Crippen molar-refractivity contribution in [1.82, 2.24) is 4.98 Å². The van der Waals surface area contributed by atoms with Crippen LogP contribution >= 0.6 is 0 Å². The Labute approximate surface area is 147 Å². The van der Waals surface area contributed by atoms with Crippen molar-refractivity contribution in [3.63, 3.8) is 0 Å². The molecular weight excluding hydrogens is 353 g/mol. The highest BCUT2D eigenvalue weighted by Crippen LogP contribution is 2.35. The Bertz CT molecular complexity index is 766. The van der Waals surface area contributed by atoms with Gasteiger partial charge in [0.25, 0.3) is 5.91 Å². The van der Waals surface area contributed by atoms with E-state index in [1.54, 1.807) is 0 Å². The fourth-order valence-corrected chi connectivity index (χ4v) is 2.08. The average Bonchev–Trinajstić information content (AvgIpc) is 2.62. The maximum atomic E-state index is 13.0. The van der Waals surface area contributed by atoms with Gasteiger partial charge in [-0.1, -0.05) is 0 Å². The number of rotatable bonds is 7. The third kappa shape index (κ3) is 4.85. The van der Waals surface area contributed by atoms with E-state index in [-0.39, 0.29) is 36.1 Å². The number of aromatic nitrogens is 1. The number of hydrogen-bond acceptors (Lipinski definition) is 5. The largest absolute Gasteiger partial charge is 0.489 e. The minimum Gasteiger partial charge on any atom is -0.489 e. The summed E-state index contributed by atoms with van der Waals surface area (Å²) < 4.78 is 54.2. The van der Waals surface area contributed by atoms with Crippen molar-refractivity contribution in [2.45, 2.75) is 6.18 Å². The van der Waals surface area contributed by atoms with E-state index in [0.29, 0.717) is 0 Å². The normalized spacial score (nSPS) is 11.1. The average molecular weight is 370 g/mol. The third-order valence-electron chi connectivity index (χ3n) is 3.31. The second kappa shape index (κ2) is 8.52. The van der Waals surface area contributed by atoms with Gasteiger partial charge in [-0.25, -0.2) is 4.98 Å². The van der Waals surface area contributed by atoms with Gasteiger partial charge in [-0.3, -0.25) is 4.79 Å². The summed E-state index contributed by atoms with van der Waals surface area (Å²) in [5.41, 5.74) is -0.952. The summed E-state index contributed by atoms with van der Waals surface area (Å²) in [6, 6.07) is 5.79. The van der Waals surface area contributed by atoms with E-state index in [0.717, 1.165) is 18.2 Å². The lowest BCUT2D eigenvalue weighted by atomic mass is 10.1. The molecule has 2 rings (SSSR count). The number of nitrogens with zero attached hydrogens (tertiary/aromatic N) is 1. The quantitative estimate of drug-likeness (QED) is 0.757. The number of nitrogens with one attached hydrogen (secondary N) is 1. The summed E-state index contributed by atoms with van der Waals surface area (Å²) in [7, 11) is 2.80. The molecule has 0 aliphatic heterocycles. The first-order chi connectivity index (χ1) is 12.4. The SMILES string of the molecule is COCCOc1ccc(C(F)(F)F)cc1NC(=O)c1cccnc1OC. The number of alkyl halides is 3. The van der Waals surface area contributed by atoms with Gasteiger partial charge in [0.15, 0.2) is 0 Å². The molecule has 1 heterocycles. The maximum absolute atomic E-state index is 13.0. The topological polar surface area (TPSA) is 69.7 Å². The van der Waals surface area contributed by atoms with Crippen LogP contribution in [0.5, 0.6) is 11.6 Å². The van der Waals surface area contributed by atoms with Crippen LogP contribution in [0.4, 0.5) is 18.9 Å². The smallest absolute Gasteiger partial charge is 0.416 e. The van der Waals surface area contributed by atoms with E-state index >= 15 is 0 Å². The molecule has 0 radical (unpaired) electrons. The van der Waals surface area contributed by atoms with Crippen molar-refractivity contribution in [2.75, 3.05) is 32.8 Å². The molecule has 1 N–H and O–H groups in total. The number of hydrogen-bond donors (Lipinski definition) is 1. The van der Waals surface area contributed by atoms with E-state index in [4.69, 9.17) is 14.2 Å². The molecule has 6 nitrogen and oxygen atoms in total. The van der Waals surface area contributed by atoms with E-state index in [9.17, 15) is 18.0 Å². The maximum Gasteiger partial charge on any atom is 0.416 e. The van der Waals surface area contributed by atoms with Crippen molar-refractivity contribution in [1.29, 1.82) is 0 Å². The van der Waals surface area contributed by atoms with Gasteiger partial charge in [-0.15, -0.1) is 0 Å². The Morgan fingerprint density at radius 1 is 1.19 bits per heavy atom. The van der Waals surface area contributed by atoms with E-state index in [2.05, 4.69) is 10.3 Å². The molecule has 26 heavy (non-hydrogen) atoms. The zero-order chi connectivity index (χ0) is 19.2. The molecule has 9 heteroatoms. The highest BCUT2D eigenvalue weighted by Gasteiger charge is 2.31. The first-order valence-electron chi connectivity index (χ1n) is 7.50. The monoisotopic (exact) mass is 370 g/mol. The first-order valence-corrected chi connectivity index (χ1v) is 7.50. The van der Waals surface area contributed by atoms with Crippen molar-refractivity contribution < 1.29 is 32.2 Å². The number of ether oxygens (including phenoxy) is 3. The lowest BCUT2D eigenvalue weighted by Crippen LogP contribution is -2.16. The van der Waals surface area contributed by atoms with Crippen molar-refractivity contribution in [2.24, 2.45) is 0 Å². The molecule has 0 saturated heterocycles. The molecule has 0 spiro atoms. The van der Waals surface area contributed by atoms with Crippen LogP contribution in [0.2, 0.25) is 0 Å². The predicted molar refractivity (Wildman–Crippen MR) is 87.6 cm³/mol. The van der Waals surface area contributed by atoms with Gasteiger partial charge in [-0.05, 0) is 30.3 Å². The van der Waals surface area contributed by atoms with E-state index in [1.165, 1.54) is 32.5 Å². The third-order valence-corrected chi connectivity index (χ3v) is 3.31. The highest BCUT2D eigenvalue weighted by atomic mass is 19.4. The Kier molecular flexibility index (Phi) is 6.40. The second-order valence-corrected chi connectivity index (χ2v) is 5.06. The number of carbonyl (C=O) groups excluding carboxylic acids is 1. The van der Waals surface area contributed by atoms with Crippen LogP contribution < -0.4 is 14.8 Å². The fourth-order valence-electron chi connectivity index (χ4n) is 2.08. The molecule has 0 aliphatic rings. The van der Waals surface area contributed by atoms with Crippen LogP contribution in [0.3, 0.4) is 0 Å². The molecule has 1 aromatic heterocycles. The molecule has 0 aliphatic carbocycles. The summed E-state index contributed by atoms with van der Waals surface area (Å²) in [6.45, 7) is 0.353. The molecule has 0 bridgehead atoms. The molecule has 0 saturated carbocycles. The van der Waals surface area contributed by atoms with Gasteiger partial charge < -0.3 is 19.5 Å². The molecule has 1 amide bonds. The van der Waals surface area contributed by atoms with Gasteiger partial charge in [0, 0.05) is 13.3 Å². The molecule has 140 valence electrons. The number of carbonyl (C=O) groups is 1. The van der Waals surface area contributed by atoms with Crippen LogP contribution in [-0.2, 0) is 10.9 Å². The summed E-state index contributed by atoms with van der Waals surface area (Å²) in [6.07, 6.45) is -3.13. The Balaban J connectivity index is 2.33. The van der Waals surface area contributed by atoms with Crippen molar-refractivity contribution >= 4 is 11.6 Å². The zero-order valence-corrected chi connectivity index (χ0v) is 14.1. The van der Waals surface area contributed by atoms with Crippen LogP contribution in [0.25, 0.3) is 0 Å². The van der Waals surface area contributed by atoms with E-state index in [1.807, 2.05) is 0 Å². The van der Waals surface area contributed by atoms with E-state index < -0.39 is 17.6 Å². The predicted octanol–water partition coefficient (Wildman–Crippen LogP) is 3.39. The minimum atomic E-state index is -4.56. The number of benzene rings is 1. The van der Waals surface area contributed by atoms with Crippen LogP contribution in [0.15, 0.2) is 36.5 Å². The number of methoxy groups -OCH3 is 2. The fraction of sp³-hybridized carbons (Fsp3) is 0.294. The second-order valence-electron chi connectivity index (χ2n) is 5.06. The number of halogens is 3. The van der Waals surface area contributed by atoms with Crippen molar-refractivity contribution in [3.05, 3.63) is 47.7 Å². The Morgan fingerprint density at radius 2 is 1.96 bits per heavy atom. The highest BCUT2D eigenvalue weighted by molar-refractivity contribution is 6.06. The van der Waals surface area contributed by atoms with Crippen LogP contribution in [0, 0.1) is 0 Å². The van der Waals surface area contributed by atoms with Gasteiger partial charge in [-0.2, -0.15) is 13.2 Å². The number of amides is 1. The summed E-state index contributed by atoms with van der Waals surface area (Å²) >= 11 is 0. The van der Waals surface area contributed by atoms with Gasteiger partial charge in [0.2, 0.25) is 5.88 Å². The molecule has 0 fully saturated rings. The van der Waals surface area contributed by atoms with Gasteiger partial charge >= 0.3 is 6.18 Å². The first kappa shape index (κ1) is 19.5. The molecular formula is C17H17F3N2O4. The molecule has 2 aromatic rings. The summed E-state index contributed by atoms with van der Waals surface area (Å²) in [5.74, 6) is -0.532. The number of pyridine rings is 1. The molecule has 1 aromatic carbocycles. The van der Waals surface area contributed by atoms with Crippen LogP contribution in [0.1, 0.15) is 15.9 Å². The van der Waals surface area contributed by atoms with Crippen LogP contribution in [-0.4, -0.2) is 38.3 Å². The standard InChI is InChI=1S/C17H17F3N2O4/c1-24-8-9-26-14-6-5-11(17(18,19)20)10-13(14)22-15(23)12-4-3-7-21-16(12)25-2/h3-7,10H,8-9H2,1-2H3,(H,22,23). The minimum absolute atomic E-state index is 0.0545. The van der Waals surface area contributed by atoms with Crippen molar-refractivity contribution in [3.8, 4) is 11.6 Å². The van der Waals surface area contributed by atoms with Gasteiger partial charge in [0.05, 0.1) is 25.0 Å². The summed E-state index contributed by atoms with van der Waals surface area (Å²) in [5, 5.41) is 2.42. The lowest BCUT2D eigenvalue weighted by Gasteiger charge is -2.15. The summed E-state index contributed by atoms with van der Waals surface area (Å²) in [4.78, 5) is 16.3.